The number of carbonyl (C=O) groups is 2. The van der Waals surface area contributed by atoms with Crippen LogP contribution in [0.4, 0.5) is 0 Å². The molecule has 7 nitrogen and oxygen atoms in total. The summed E-state index contributed by atoms with van der Waals surface area (Å²) in [6.07, 6.45) is 3.97. The van der Waals surface area contributed by atoms with Crippen LogP contribution in [-0.2, 0) is 4.79 Å². The predicted molar refractivity (Wildman–Crippen MR) is 96.8 cm³/mol. The topological polar surface area (TPSA) is 84.4 Å². The Morgan fingerprint density at radius 2 is 2.19 bits per heavy atom. The highest BCUT2D eigenvalue weighted by Crippen LogP contribution is 2.18. The van der Waals surface area contributed by atoms with Gasteiger partial charge in [-0.2, -0.15) is 0 Å². The van der Waals surface area contributed by atoms with E-state index in [9.17, 15) is 9.59 Å². The number of ether oxygens (including phenoxy) is 1. The first-order chi connectivity index (χ1) is 12.7. The van der Waals surface area contributed by atoms with E-state index in [1.54, 1.807) is 31.5 Å². The van der Waals surface area contributed by atoms with Crippen molar-refractivity contribution in [3.63, 3.8) is 0 Å². The van der Waals surface area contributed by atoms with Gasteiger partial charge in [0.2, 0.25) is 11.8 Å². The van der Waals surface area contributed by atoms with Crippen LogP contribution < -0.4 is 10.1 Å². The van der Waals surface area contributed by atoms with Crippen molar-refractivity contribution in [3.05, 3.63) is 42.2 Å². The summed E-state index contributed by atoms with van der Waals surface area (Å²) in [5.41, 5.74) is 1.85. The third kappa shape index (κ3) is 4.36. The van der Waals surface area contributed by atoms with Gasteiger partial charge in [0, 0.05) is 43.9 Å². The highest BCUT2D eigenvalue weighted by atomic mass is 16.5. The van der Waals surface area contributed by atoms with Gasteiger partial charge in [0.05, 0.1) is 12.8 Å². The van der Waals surface area contributed by atoms with Gasteiger partial charge in [0.1, 0.15) is 5.69 Å². The average Bonchev–Trinajstić information content (AvgIpc) is 3.10. The highest BCUT2D eigenvalue weighted by molar-refractivity contribution is 5.92. The fourth-order valence-corrected chi connectivity index (χ4v) is 2.88. The van der Waals surface area contributed by atoms with Gasteiger partial charge >= 0.3 is 0 Å². The van der Waals surface area contributed by atoms with Crippen LogP contribution in [0.25, 0.3) is 11.3 Å². The molecule has 0 saturated carbocycles. The minimum absolute atomic E-state index is 0.207. The third-order valence-corrected chi connectivity index (χ3v) is 4.28. The second-order valence-corrected chi connectivity index (χ2v) is 6.09. The van der Waals surface area contributed by atoms with E-state index >= 15 is 0 Å². The summed E-state index contributed by atoms with van der Waals surface area (Å²) in [6.45, 7) is 2.02. The van der Waals surface area contributed by atoms with Crippen molar-refractivity contribution < 1.29 is 14.3 Å². The Kier molecular flexibility index (Phi) is 5.78. The van der Waals surface area contributed by atoms with Crippen LogP contribution >= 0.6 is 0 Å². The Hall–Kier alpha value is -2.96. The number of pyridine rings is 2. The lowest BCUT2D eigenvalue weighted by Gasteiger charge is -2.15. The second-order valence-electron chi connectivity index (χ2n) is 6.09. The monoisotopic (exact) mass is 354 g/mol. The summed E-state index contributed by atoms with van der Waals surface area (Å²) in [5.74, 6) is 0.513. The zero-order chi connectivity index (χ0) is 18.4. The number of amides is 2. The van der Waals surface area contributed by atoms with Crippen molar-refractivity contribution in [2.24, 2.45) is 0 Å². The molecule has 0 aliphatic carbocycles. The van der Waals surface area contributed by atoms with Gasteiger partial charge in [-0.25, -0.2) is 9.97 Å². The van der Waals surface area contributed by atoms with E-state index in [4.69, 9.17) is 4.74 Å². The van der Waals surface area contributed by atoms with Gasteiger partial charge in [-0.3, -0.25) is 9.59 Å². The molecule has 2 amide bonds. The number of rotatable bonds is 7. The molecule has 2 aromatic heterocycles. The number of nitrogens with zero attached hydrogens (tertiary/aromatic N) is 3. The zero-order valence-electron chi connectivity index (χ0n) is 14.8. The van der Waals surface area contributed by atoms with Crippen molar-refractivity contribution in [2.75, 3.05) is 26.7 Å². The molecule has 2 aromatic rings. The smallest absolute Gasteiger partial charge is 0.269 e. The minimum atomic E-state index is -0.221. The first-order valence-electron chi connectivity index (χ1n) is 8.71. The first-order valence-corrected chi connectivity index (χ1v) is 8.71. The SMILES string of the molecule is COc1ccc(-c2cccc(C(=O)NCCCN3CCCC3=O)n2)cn1. The molecule has 0 aromatic carbocycles. The Morgan fingerprint density at radius 3 is 2.88 bits per heavy atom. The predicted octanol–water partition coefficient (Wildman–Crippen LogP) is 1.89. The maximum atomic E-state index is 12.3. The number of hydrogen-bond donors (Lipinski definition) is 1. The van der Waals surface area contributed by atoms with Crippen molar-refractivity contribution in [1.29, 1.82) is 0 Å². The Labute approximate surface area is 152 Å². The molecule has 0 spiro atoms. The third-order valence-electron chi connectivity index (χ3n) is 4.28. The molecule has 3 heterocycles. The summed E-state index contributed by atoms with van der Waals surface area (Å²) in [6, 6.07) is 8.91. The van der Waals surface area contributed by atoms with Crippen LogP contribution in [0.1, 0.15) is 29.8 Å². The second kappa shape index (κ2) is 8.42. The number of likely N-dealkylation sites (tertiary alicyclic amines) is 1. The summed E-state index contributed by atoms with van der Waals surface area (Å²) < 4.78 is 5.05. The Morgan fingerprint density at radius 1 is 1.31 bits per heavy atom. The van der Waals surface area contributed by atoms with Gasteiger partial charge < -0.3 is 15.0 Å². The highest BCUT2D eigenvalue weighted by Gasteiger charge is 2.19. The first kappa shape index (κ1) is 17.8. The van der Waals surface area contributed by atoms with Crippen LogP contribution in [0.5, 0.6) is 5.88 Å². The van der Waals surface area contributed by atoms with Gasteiger partial charge in [0.15, 0.2) is 0 Å². The largest absolute Gasteiger partial charge is 0.481 e. The fraction of sp³-hybridized carbons (Fsp3) is 0.368. The molecule has 1 fully saturated rings. The van der Waals surface area contributed by atoms with E-state index in [1.165, 1.54) is 0 Å². The quantitative estimate of drug-likeness (QED) is 0.768. The number of methoxy groups -OCH3 is 1. The van der Waals surface area contributed by atoms with Crippen molar-refractivity contribution in [3.8, 4) is 17.1 Å². The van der Waals surface area contributed by atoms with E-state index in [0.29, 0.717) is 36.8 Å². The standard InChI is InChI=1S/C19H22N4O3/c1-26-17-9-8-14(13-21-17)15-5-2-6-16(22-15)19(25)20-10-4-12-23-11-3-7-18(23)24/h2,5-6,8-9,13H,3-4,7,10-12H2,1H3,(H,20,25). The summed E-state index contributed by atoms with van der Waals surface area (Å²) in [4.78, 5) is 34.3. The lowest BCUT2D eigenvalue weighted by atomic mass is 10.2. The van der Waals surface area contributed by atoms with Gasteiger partial charge in [-0.15, -0.1) is 0 Å². The van der Waals surface area contributed by atoms with Gasteiger partial charge in [-0.1, -0.05) is 6.07 Å². The van der Waals surface area contributed by atoms with Crippen LogP contribution in [0, 0.1) is 0 Å². The fourth-order valence-electron chi connectivity index (χ4n) is 2.88. The molecule has 0 radical (unpaired) electrons. The number of carbonyl (C=O) groups excluding carboxylic acids is 2. The molecule has 1 aliphatic rings. The van der Waals surface area contributed by atoms with Crippen molar-refractivity contribution in [2.45, 2.75) is 19.3 Å². The maximum absolute atomic E-state index is 12.3. The lowest BCUT2D eigenvalue weighted by molar-refractivity contribution is -0.127. The molecule has 7 heteroatoms. The number of hydrogen-bond acceptors (Lipinski definition) is 5. The molecule has 1 N–H and O–H groups in total. The van der Waals surface area contributed by atoms with E-state index < -0.39 is 0 Å². The average molecular weight is 354 g/mol. The molecule has 136 valence electrons. The van der Waals surface area contributed by atoms with E-state index in [0.717, 1.165) is 24.9 Å². The molecule has 26 heavy (non-hydrogen) atoms. The number of nitrogens with one attached hydrogen (secondary N) is 1. The Bertz CT molecular complexity index is 777. The molecule has 1 aliphatic heterocycles. The minimum Gasteiger partial charge on any atom is -0.481 e. The summed E-state index contributed by atoms with van der Waals surface area (Å²) in [7, 11) is 1.56. The van der Waals surface area contributed by atoms with E-state index in [1.807, 2.05) is 17.0 Å². The molecule has 0 bridgehead atoms. The van der Waals surface area contributed by atoms with Crippen LogP contribution in [-0.4, -0.2) is 53.4 Å². The molecular weight excluding hydrogens is 332 g/mol. The molecule has 0 atom stereocenters. The van der Waals surface area contributed by atoms with Gasteiger partial charge in [0.25, 0.3) is 5.91 Å². The van der Waals surface area contributed by atoms with Crippen molar-refractivity contribution >= 4 is 11.8 Å². The van der Waals surface area contributed by atoms with E-state index in [2.05, 4.69) is 15.3 Å². The normalized spacial score (nSPS) is 13.7. The number of aromatic nitrogens is 2. The lowest BCUT2D eigenvalue weighted by Crippen LogP contribution is -2.31. The van der Waals surface area contributed by atoms with E-state index in [-0.39, 0.29) is 11.8 Å². The maximum Gasteiger partial charge on any atom is 0.269 e. The summed E-state index contributed by atoms with van der Waals surface area (Å²) in [5, 5.41) is 2.86. The van der Waals surface area contributed by atoms with Crippen molar-refractivity contribution in [1.82, 2.24) is 20.2 Å². The van der Waals surface area contributed by atoms with Gasteiger partial charge in [-0.05, 0) is 31.0 Å². The molecule has 0 unspecified atom stereocenters. The molecule has 1 saturated heterocycles. The van der Waals surface area contributed by atoms with Crippen LogP contribution in [0.3, 0.4) is 0 Å². The zero-order valence-corrected chi connectivity index (χ0v) is 14.8. The summed E-state index contributed by atoms with van der Waals surface area (Å²) >= 11 is 0. The van der Waals surface area contributed by atoms with Crippen LogP contribution in [0.2, 0.25) is 0 Å². The molecular formula is C19H22N4O3. The van der Waals surface area contributed by atoms with Crippen LogP contribution in [0.15, 0.2) is 36.5 Å². The Balaban J connectivity index is 1.54. The molecule has 3 rings (SSSR count).